The lowest BCUT2D eigenvalue weighted by atomic mass is 10.2. The zero-order valence-electron chi connectivity index (χ0n) is 14.4. The van der Waals surface area contributed by atoms with E-state index >= 15 is 0 Å². The van der Waals surface area contributed by atoms with Gasteiger partial charge in [0.1, 0.15) is 16.5 Å². The Kier molecular flexibility index (Phi) is 5.61. The summed E-state index contributed by atoms with van der Waals surface area (Å²) in [4.78, 5) is 11.2. The third kappa shape index (κ3) is 4.09. The van der Waals surface area contributed by atoms with E-state index < -0.39 is 67.3 Å². The van der Waals surface area contributed by atoms with Crippen molar-refractivity contribution in [2.75, 3.05) is 18.4 Å². The van der Waals surface area contributed by atoms with Gasteiger partial charge in [-0.15, -0.1) is 0 Å². The molecule has 1 saturated heterocycles. The molecule has 1 atom stereocenters. The Bertz CT molecular complexity index is 1070. The highest BCUT2D eigenvalue weighted by Crippen LogP contribution is 2.26. The van der Waals surface area contributed by atoms with E-state index in [1.165, 1.54) is 0 Å². The van der Waals surface area contributed by atoms with E-state index in [4.69, 9.17) is 0 Å². The van der Waals surface area contributed by atoms with Crippen molar-refractivity contribution in [2.45, 2.75) is 17.4 Å². The Balaban J connectivity index is 1.96. The Hall–Kier alpha value is -2.57. The summed E-state index contributed by atoms with van der Waals surface area (Å²) in [6.07, 6.45) is -0.823. The number of carbonyl (C=O) groups is 1. The van der Waals surface area contributed by atoms with E-state index in [9.17, 15) is 40.3 Å². The third-order valence-electron chi connectivity index (χ3n) is 4.25. The Morgan fingerprint density at radius 3 is 2.17 bits per heavy atom. The second-order valence-corrected chi connectivity index (χ2v) is 8.18. The first kappa shape index (κ1) is 21.1. The standard InChI is InChI=1S/C17H13F5N2O4S/c18-11-6-12(19)15(29(27,28)24-2-1-9(25)7-24)5-10(11)17(26)23-8-3-13(20)16(22)14(21)4-8/h3-6,9,25H,1-2,7H2,(H,23,26). The van der Waals surface area contributed by atoms with E-state index in [0.717, 1.165) is 4.31 Å². The fourth-order valence-electron chi connectivity index (χ4n) is 2.79. The van der Waals surface area contributed by atoms with Crippen LogP contribution in [0.3, 0.4) is 0 Å². The number of nitrogens with zero attached hydrogens (tertiary/aromatic N) is 1. The van der Waals surface area contributed by atoms with Gasteiger partial charge in [-0.1, -0.05) is 0 Å². The van der Waals surface area contributed by atoms with Crippen molar-refractivity contribution < 1.29 is 40.3 Å². The number of β-amino-alcohol motifs (C(OH)–C–C–N with tert-alkyl or cyclic N) is 1. The van der Waals surface area contributed by atoms with Gasteiger partial charge in [-0.05, 0) is 12.5 Å². The lowest BCUT2D eigenvalue weighted by Gasteiger charge is -2.17. The van der Waals surface area contributed by atoms with Gasteiger partial charge in [-0.2, -0.15) is 4.31 Å². The summed E-state index contributed by atoms with van der Waals surface area (Å²) in [5.74, 6) is -9.24. The van der Waals surface area contributed by atoms with E-state index in [1.54, 1.807) is 0 Å². The molecule has 2 aromatic rings. The molecule has 0 saturated carbocycles. The molecule has 1 aliphatic heterocycles. The largest absolute Gasteiger partial charge is 0.392 e. The normalized spacial score (nSPS) is 17.5. The molecule has 1 heterocycles. The smallest absolute Gasteiger partial charge is 0.258 e. The molecule has 12 heteroatoms. The molecule has 3 rings (SSSR count). The van der Waals surface area contributed by atoms with E-state index in [1.807, 2.05) is 5.32 Å². The molecule has 1 unspecified atom stereocenters. The zero-order chi connectivity index (χ0) is 21.5. The van der Waals surface area contributed by atoms with Gasteiger partial charge in [0.15, 0.2) is 17.5 Å². The Morgan fingerprint density at radius 1 is 1.00 bits per heavy atom. The second kappa shape index (κ2) is 7.69. The van der Waals surface area contributed by atoms with Gasteiger partial charge in [-0.25, -0.2) is 30.4 Å². The Labute approximate surface area is 161 Å². The van der Waals surface area contributed by atoms with Gasteiger partial charge in [0.05, 0.1) is 11.7 Å². The monoisotopic (exact) mass is 436 g/mol. The summed E-state index contributed by atoms with van der Waals surface area (Å²) >= 11 is 0. The van der Waals surface area contributed by atoms with Crippen molar-refractivity contribution >= 4 is 21.6 Å². The number of benzene rings is 2. The number of rotatable bonds is 4. The van der Waals surface area contributed by atoms with Gasteiger partial charge >= 0.3 is 0 Å². The molecule has 0 bridgehead atoms. The number of hydrogen-bond donors (Lipinski definition) is 2. The molecule has 0 aromatic heterocycles. The van der Waals surface area contributed by atoms with E-state index in [0.29, 0.717) is 18.2 Å². The van der Waals surface area contributed by atoms with Crippen molar-refractivity contribution in [2.24, 2.45) is 0 Å². The van der Waals surface area contributed by atoms with Gasteiger partial charge in [0.2, 0.25) is 10.0 Å². The maximum atomic E-state index is 14.1. The molecular formula is C17H13F5N2O4S. The fraction of sp³-hybridized carbons (Fsp3) is 0.235. The molecule has 1 fully saturated rings. The first-order valence-electron chi connectivity index (χ1n) is 8.14. The van der Waals surface area contributed by atoms with E-state index in [2.05, 4.69) is 0 Å². The van der Waals surface area contributed by atoms with E-state index in [-0.39, 0.29) is 25.6 Å². The molecule has 29 heavy (non-hydrogen) atoms. The summed E-state index contributed by atoms with van der Waals surface area (Å²) in [6.45, 7) is -0.398. The summed E-state index contributed by atoms with van der Waals surface area (Å²) in [7, 11) is -4.48. The number of sulfonamides is 1. The van der Waals surface area contributed by atoms with Crippen LogP contribution in [-0.4, -0.2) is 42.9 Å². The first-order valence-corrected chi connectivity index (χ1v) is 9.58. The molecular weight excluding hydrogens is 423 g/mol. The zero-order valence-corrected chi connectivity index (χ0v) is 15.2. The lowest BCUT2D eigenvalue weighted by molar-refractivity contribution is 0.102. The molecule has 0 radical (unpaired) electrons. The minimum atomic E-state index is -4.48. The minimum absolute atomic E-state index is 0.101. The van der Waals surface area contributed by atoms with Crippen molar-refractivity contribution in [3.05, 3.63) is 58.9 Å². The van der Waals surface area contributed by atoms with Crippen molar-refractivity contribution in [1.82, 2.24) is 4.31 Å². The molecule has 2 aromatic carbocycles. The average Bonchev–Trinajstić information content (AvgIpc) is 3.06. The topological polar surface area (TPSA) is 86.7 Å². The summed E-state index contributed by atoms with van der Waals surface area (Å²) in [5.41, 5.74) is -1.49. The predicted molar refractivity (Wildman–Crippen MR) is 90.0 cm³/mol. The lowest BCUT2D eigenvalue weighted by Crippen LogP contribution is -2.30. The average molecular weight is 436 g/mol. The maximum Gasteiger partial charge on any atom is 0.258 e. The number of amides is 1. The number of aliphatic hydroxyl groups excluding tert-OH is 1. The fourth-order valence-corrected chi connectivity index (χ4v) is 4.36. The van der Waals surface area contributed by atoms with Crippen LogP contribution in [0.5, 0.6) is 0 Å². The van der Waals surface area contributed by atoms with Gasteiger partial charge in [0, 0.05) is 37.0 Å². The summed E-state index contributed by atoms with van der Waals surface area (Å²) in [5, 5.41) is 11.4. The van der Waals surface area contributed by atoms with Crippen LogP contribution in [0.1, 0.15) is 16.8 Å². The number of halogens is 5. The van der Waals surface area contributed by atoms with Crippen LogP contribution < -0.4 is 5.32 Å². The van der Waals surface area contributed by atoms with Crippen LogP contribution in [0.15, 0.2) is 29.2 Å². The second-order valence-electron chi connectivity index (χ2n) is 6.28. The highest BCUT2D eigenvalue weighted by molar-refractivity contribution is 7.89. The minimum Gasteiger partial charge on any atom is -0.392 e. The molecule has 1 amide bonds. The van der Waals surface area contributed by atoms with Crippen molar-refractivity contribution in [1.29, 1.82) is 0 Å². The summed E-state index contributed by atoms with van der Waals surface area (Å²) in [6, 6.07) is 1.48. The maximum absolute atomic E-state index is 14.1. The van der Waals surface area contributed by atoms with Crippen LogP contribution in [0, 0.1) is 29.1 Å². The SMILES string of the molecule is O=C(Nc1cc(F)c(F)c(F)c1)c1cc(S(=O)(=O)N2CCC(O)C2)c(F)cc1F. The molecule has 1 aliphatic rings. The van der Waals surface area contributed by atoms with Gasteiger partial charge in [0.25, 0.3) is 5.91 Å². The number of nitrogens with one attached hydrogen (secondary N) is 1. The molecule has 0 aliphatic carbocycles. The molecule has 0 spiro atoms. The van der Waals surface area contributed by atoms with Crippen LogP contribution in [0.2, 0.25) is 0 Å². The molecule has 2 N–H and O–H groups in total. The van der Waals surface area contributed by atoms with Crippen LogP contribution in [0.25, 0.3) is 0 Å². The molecule has 156 valence electrons. The predicted octanol–water partition coefficient (Wildman–Crippen LogP) is 2.39. The number of aliphatic hydroxyl groups is 1. The number of anilines is 1. The summed E-state index contributed by atoms with van der Waals surface area (Å²) < 4.78 is 93.6. The number of hydrogen-bond acceptors (Lipinski definition) is 4. The van der Waals surface area contributed by atoms with Crippen molar-refractivity contribution in [3.63, 3.8) is 0 Å². The Morgan fingerprint density at radius 2 is 1.62 bits per heavy atom. The van der Waals surface area contributed by atoms with Gasteiger partial charge < -0.3 is 10.4 Å². The highest BCUT2D eigenvalue weighted by atomic mass is 32.2. The third-order valence-corrected chi connectivity index (χ3v) is 6.13. The van der Waals surface area contributed by atoms with Crippen LogP contribution in [0.4, 0.5) is 27.6 Å². The van der Waals surface area contributed by atoms with Gasteiger partial charge in [-0.3, -0.25) is 4.79 Å². The highest BCUT2D eigenvalue weighted by Gasteiger charge is 2.34. The number of carbonyl (C=O) groups excluding carboxylic acids is 1. The first-order chi connectivity index (χ1) is 13.5. The van der Waals surface area contributed by atoms with Crippen LogP contribution >= 0.6 is 0 Å². The van der Waals surface area contributed by atoms with Crippen molar-refractivity contribution in [3.8, 4) is 0 Å². The van der Waals surface area contributed by atoms with Crippen LogP contribution in [-0.2, 0) is 10.0 Å². The quantitative estimate of drug-likeness (QED) is 0.569. The molecule has 6 nitrogen and oxygen atoms in total.